The van der Waals surface area contributed by atoms with Gasteiger partial charge in [-0.1, -0.05) is 138 Å². The van der Waals surface area contributed by atoms with E-state index in [1.807, 2.05) is 35.8 Å². The Bertz CT molecular complexity index is 1800. The van der Waals surface area contributed by atoms with Crippen LogP contribution in [0.15, 0.2) is 64.6 Å². The minimum Gasteiger partial charge on any atom is -0.445 e. The number of aromatic nitrogens is 9. The van der Waals surface area contributed by atoms with Crippen molar-refractivity contribution in [1.82, 2.24) is 44.1 Å². The molecule has 0 saturated heterocycles. The summed E-state index contributed by atoms with van der Waals surface area (Å²) in [5.41, 5.74) is 9.03. The van der Waals surface area contributed by atoms with E-state index in [2.05, 4.69) is 236 Å². The standard InChI is InChI=1S/C10H18N2.C10H17N.3C9H16N2.C9H15NO/c1-7(2)9-6-11-10(8(3)4)12(9)5;1-7(2)9-5-10(8(3)4)11-6-9;1-7(2)9-5-11(6-10-9)8(3)4;1-7(2)9-5-10-11(6-9)8(3)4;1-6(2)8-5-9(7(3)4)11-10-8;1-6(2)8-5-10-9(11-8)7(3)4/h6-8H,1-5H3;6-8H,5H2,1-4H3;2*5-8H,1-4H3;5-7H,1-4H3,(H,10,11);5-7H,1-4H3. The number of hydrogen-bond acceptors (Lipinski definition) is 7. The van der Waals surface area contributed by atoms with E-state index in [0.717, 1.165) is 23.8 Å². The van der Waals surface area contributed by atoms with Crippen LogP contribution in [0, 0.1) is 11.8 Å². The lowest BCUT2D eigenvalue weighted by Gasteiger charge is -2.09. The molecule has 0 bridgehead atoms. The van der Waals surface area contributed by atoms with Crippen LogP contribution in [0.5, 0.6) is 0 Å². The highest BCUT2D eigenvalue weighted by atomic mass is 16.4. The van der Waals surface area contributed by atoms with Gasteiger partial charge in [-0.3, -0.25) is 14.8 Å². The Morgan fingerprint density at radius 1 is 0.552 bits per heavy atom. The van der Waals surface area contributed by atoms with E-state index in [1.54, 1.807) is 0 Å². The number of allylic oxidation sites excluding steroid dienone is 1. The molecule has 11 heteroatoms. The minimum absolute atomic E-state index is 0.391. The van der Waals surface area contributed by atoms with Crippen LogP contribution in [-0.4, -0.2) is 49.8 Å². The lowest BCUT2D eigenvalue weighted by molar-refractivity contribution is 0.422. The first-order valence-electron chi connectivity index (χ1n) is 25.4. The van der Waals surface area contributed by atoms with Crippen LogP contribution in [0.25, 0.3) is 0 Å². The number of aliphatic imine (C=N–C) groups is 1. The van der Waals surface area contributed by atoms with Crippen LogP contribution >= 0.6 is 0 Å². The van der Waals surface area contributed by atoms with Gasteiger partial charge in [0.05, 0.1) is 30.1 Å². The molecule has 5 aromatic heterocycles. The molecule has 11 nitrogen and oxygen atoms in total. The van der Waals surface area contributed by atoms with Crippen LogP contribution in [-0.2, 0) is 7.05 Å². The van der Waals surface area contributed by atoms with E-state index in [0.29, 0.717) is 71.3 Å². The van der Waals surface area contributed by atoms with Gasteiger partial charge in [0, 0.05) is 85.2 Å². The number of oxazole rings is 1. The highest BCUT2D eigenvalue weighted by Crippen LogP contribution is 2.24. The van der Waals surface area contributed by atoms with E-state index in [1.165, 1.54) is 39.8 Å². The number of hydrogen-bond donors (Lipinski definition) is 1. The molecule has 0 radical (unpaired) electrons. The van der Waals surface area contributed by atoms with Gasteiger partial charge in [-0.05, 0) is 86.3 Å². The van der Waals surface area contributed by atoms with Gasteiger partial charge in [-0.15, -0.1) is 0 Å². The predicted molar refractivity (Wildman–Crippen MR) is 286 cm³/mol. The molecule has 378 valence electrons. The molecular weight excluding hydrogens is 829 g/mol. The monoisotopic (exact) mass is 927 g/mol. The fourth-order valence-corrected chi connectivity index (χ4v) is 6.33. The largest absolute Gasteiger partial charge is 0.445 e. The van der Waals surface area contributed by atoms with Crippen molar-refractivity contribution >= 4 is 5.71 Å². The Balaban J connectivity index is 0.000000402. The third kappa shape index (κ3) is 21.1. The SMILES string of the molecule is CC(C)C1=CN=C(C(C)C)C1.CC(C)c1cc(C(C)C)[nH]n1.CC(C)c1cn(C(C)C)cn1.CC(C)c1cnc(C(C)C)n1C.CC(C)c1cnc(C(C)C)o1.CC(C)c1cnn(C(C)C)c1. The molecule has 0 unspecified atom stereocenters. The molecule has 0 aliphatic carbocycles. The first kappa shape index (κ1) is 60.5. The summed E-state index contributed by atoms with van der Waals surface area (Å²) in [6.45, 7) is 51.9. The molecule has 1 aliphatic rings. The minimum atomic E-state index is 0.391. The summed E-state index contributed by atoms with van der Waals surface area (Å²) in [7, 11) is 2.09. The zero-order valence-electron chi connectivity index (χ0n) is 47.2. The third-order valence-electron chi connectivity index (χ3n) is 11.4. The Labute approximate surface area is 409 Å². The maximum absolute atomic E-state index is 5.50. The normalized spacial score (nSPS) is 12.5. The van der Waals surface area contributed by atoms with E-state index >= 15 is 0 Å². The van der Waals surface area contributed by atoms with Gasteiger partial charge in [-0.2, -0.15) is 10.2 Å². The van der Waals surface area contributed by atoms with Crippen LogP contribution in [0.1, 0.15) is 278 Å². The van der Waals surface area contributed by atoms with Crippen molar-refractivity contribution < 1.29 is 4.42 Å². The fourth-order valence-electron chi connectivity index (χ4n) is 6.33. The average Bonchev–Trinajstić information content (AvgIpc) is 4.09. The van der Waals surface area contributed by atoms with Gasteiger partial charge >= 0.3 is 0 Å². The number of nitrogens with one attached hydrogen (secondary N) is 1. The van der Waals surface area contributed by atoms with Crippen molar-refractivity contribution in [3.05, 3.63) is 101 Å². The summed E-state index contributed by atoms with van der Waals surface area (Å²) in [5.74, 6) is 8.39. The summed E-state index contributed by atoms with van der Waals surface area (Å²) in [6, 6.07) is 3.15. The quantitative estimate of drug-likeness (QED) is 0.133. The molecule has 6 rings (SSSR count). The molecule has 0 atom stereocenters. The van der Waals surface area contributed by atoms with Gasteiger partial charge in [0.15, 0.2) is 5.89 Å². The highest BCUT2D eigenvalue weighted by molar-refractivity contribution is 5.90. The van der Waals surface area contributed by atoms with Crippen molar-refractivity contribution in [1.29, 1.82) is 0 Å². The maximum Gasteiger partial charge on any atom is 0.196 e. The van der Waals surface area contributed by atoms with Crippen molar-refractivity contribution in [3.8, 4) is 0 Å². The predicted octanol–water partition coefficient (Wildman–Crippen LogP) is 16.4. The van der Waals surface area contributed by atoms with Crippen molar-refractivity contribution in [2.24, 2.45) is 23.9 Å². The number of rotatable bonds is 12. The number of imidazole rings is 2. The van der Waals surface area contributed by atoms with Crippen LogP contribution in [0.4, 0.5) is 0 Å². The second-order valence-electron chi connectivity index (χ2n) is 21.7. The van der Waals surface area contributed by atoms with E-state index in [4.69, 9.17) is 4.42 Å². The van der Waals surface area contributed by atoms with Crippen molar-refractivity contribution in [3.63, 3.8) is 0 Å². The highest BCUT2D eigenvalue weighted by Gasteiger charge is 2.15. The molecule has 0 saturated carbocycles. The molecule has 1 N–H and O–H groups in total. The molecule has 67 heavy (non-hydrogen) atoms. The van der Waals surface area contributed by atoms with Gasteiger partial charge in [0.1, 0.15) is 11.6 Å². The second-order valence-corrected chi connectivity index (χ2v) is 21.7. The van der Waals surface area contributed by atoms with E-state index in [-0.39, 0.29) is 0 Å². The number of nitrogens with zero attached hydrogens (tertiary/aromatic N) is 9. The maximum atomic E-state index is 5.50. The lowest BCUT2D eigenvalue weighted by Crippen LogP contribution is -2.06. The van der Waals surface area contributed by atoms with Crippen LogP contribution in [0.2, 0.25) is 0 Å². The number of aromatic amines is 1. The zero-order valence-corrected chi connectivity index (χ0v) is 47.2. The van der Waals surface area contributed by atoms with Crippen LogP contribution < -0.4 is 0 Å². The van der Waals surface area contributed by atoms with E-state index < -0.39 is 0 Å². The average molecular weight is 927 g/mol. The fraction of sp³-hybridized carbons (Fsp3) is 0.679. The first-order valence-corrected chi connectivity index (χ1v) is 25.4. The Kier molecular flexibility index (Phi) is 26.5. The van der Waals surface area contributed by atoms with Gasteiger partial charge in [0.25, 0.3) is 0 Å². The lowest BCUT2D eigenvalue weighted by atomic mass is 9.96. The Morgan fingerprint density at radius 2 is 1.16 bits per heavy atom. The topological polar surface area (TPSA) is 121 Å². The van der Waals surface area contributed by atoms with Crippen LogP contribution in [0.3, 0.4) is 0 Å². The molecule has 5 aromatic rings. The molecule has 6 heterocycles. The Hall–Kier alpha value is -4.54. The molecule has 0 aromatic carbocycles. The molecule has 1 aliphatic heterocycles. The summed E-state index contributed by atoms with van der Waals surface area (Å²) in [4.78, 5) is 17.3. The summed E-state index contributed by atoms with van der Waals surface area (Å²) < 4.78 is 11.8. The van der Waals surface area contributed by atoms with E-state index in [9.17, 15) is 0 Å². The van der Waals surface area contributed by atoms with Gasteiger partial charge in [0.2, 0.25) is 0 Å². The van der Waals surface area contributed by atoms with Gasteiger partial charge in [-0.25, -0.2) is 15.0 Å². The Morgan fingerprint density at radius 3 is 1.43 bits per heavy atom. The zero-order chi connectivity index (χ0) is 51.5. The number of H-pyrrole nitrogens is 1. The molecule has 0 amide bonds. The second kappa shape index (κ2) is 29.4. The van der Waals surface area contributed by atoms with Crippen molar-refractivity contribution in [2.75, 3.05) is 0 Å². The summed E-state index contributed by atoms with van der Waals surface area (Å²) in [5, 5.41) is 11.5. The molecule has 0 fully saturated rings. The van der Waals surface area contributed by atoms with Gasteiger partial charge < -0.3 is 13.6 Å². The third-order valence-corrected chi connectivity index (χ3v) is 11.4. The molecular formula is C56H98N10O. The smallest absolute Gasteiger partial charge is 0.196 e. The molecule has 0 spiro atoms. The first-order chi connectivity index (χ1) is 31.1. The van der Waals surface area contributed by atoms with Crippen molar-refractivity contribution in [2.45, 2.75) is 232 Å². The summed E-state index contributed by atoms with van der Waals surface area (Å²) >= 11 is 0. The summed E-state index contributed by atoms with van der Waals surface area (Å²) in [6.07, 6.45) is 15.0.